The Labute approximate surface area is 113 Å². The second kappa shape index (κ2) is 5.48. The fraction of sp³-hybridized carbons (Fsp3) is 0.214. The van der Waals surface area contributed by atoms with Gasteiger partial charge in [0, 0.05) is 12.2 Å². The van der Waals surface area contributed by atoms with E-state index in [2.05, 4.69) is 10.3 Å². The number of anilines is 1. The lowest BCUT2D eigenvalue weighted by atomic mass is 10.1. The molecule has 0 radical (unpaired) electrons. The Balaban J connectivity index is 2.15. The molecule has 0 aliphatic rings. The van der Waals surface area contributed by atoms with Crippen molar-refractivity contribution < 1.29 is 17.6 Å². The van der Waals surface area contributed by atoms with Crippen molar-refractivity contribution in [3.05, 3.63) is 59.5 Å². The minimum atomic E-state index is -4.40. The van der Waals surface area contributed by atoms with Gasteiger partial charge in [-0.25, -0.2) is 9.37 Å². The third kappa shape index (κ3) is 3.46. The maximum Gasteiger partial charge on any atom is 0.416 e. The van der Waals surface area contributed by atoms with Gasteiger partial charge in [-0.1, -0.05) is 12.1 Å². The van der Waals surface area contributed by atoms with Crippen LogP contribution in [0, 0.1) is 5.82 Å². The Hall–Kier alpha value is -2.11. The number of benzene rings is 1. The molecule has 1 aromatic heterocycles. The predicted octanol–water partition coefficient (Wildman–Crippen LogP) is 4.41. The molecule has 106 valence electrons. The minimum Gasteiger partial charge on any atom is -0.364 e. The molecule has 6 heteroatoms. The number of halogens is 4. The fourth-order valence-electron chi connectivity index (χ4n) is 1.74. The predicted molar refractivity (Wildman–Crippen MR) is 67.7 cm³/mol. The van der Waals surface area contributed by atoms with Crippen molar-refractivity contribution in [2.24, 2.45) is 0 Å². The molecule has 0 spiro atoms. The first-order valence-electron chi connectivity index (χ1n) is 5.91. The van der Waals surface area contributed by atoms with Gasteiger partial charge in [0.2, 0.25) is 0 Å². The van der Waals surface area contributed by atoms with Crippen LogP contribution in [0.5, 0.6) is 0 Å². The number of hydrogen-bond acceptors (Lipinski definition) is 2. The van der Waals surface area contributed by atoms with Gasteiger partial charge in [-0.3, -0.25) is 0 Å². The Morgan fingerprint density at radius 2 is 1.75 bits per heavy atom. The van der Waals surface area contributed by atoms with Gasteiger partial charge in [0.25, 0.3) is 0 Å². The summed E-state index contributed by atoms with van der Waals surface area (Å²) >= 11 is 0. The molecule has 0 bridgehead atoms. The van der Waals surface area contributed by atoms with Crippen LogP contribution >= 0.6 is 0 Å². The van der Waals surface area contributed by atoms with Crippen molar-refractivity contribution in [1.82, 2.24) is 4.98 Å². The highest BCUT2D eigenvalue weighted by Gasteiger charge is 2.30. The van der Waals surface area contributed by atoms with Crippen LogP contribution in [-0.2, 0) is 6.18 Å². The first kappa shape index (κ1) is 14.3. The van der Waals surface area contributed by atoms with E-state index >= 15 is 0 Å². The molecule has 1 N–H and O–H groups in total. The van der Waals surface area contributed by atoms with Gasteiger partial charge in [-0.05, 0) is 36.8 Å². The van der Waals surface area contributed by atoms with E-state index in [1.807, 2.05) is 0 Å². The maximum absolute atomic E-state index is 12.8. The Morgan fingerprint density at radius 1 is 1.10 bits per heavy atom. The molecule has 1 aromatic carbocycles. The zero-order valence-electron chi connectivity index (χ0n) is 10.6. The summed E-state index contributed by atoms with van der Waals surface area (Å²) in [4.78, 5) is 3.85. The van der Waals surface area contributed by atoms with Crippen LogP contribution in [-0.4, -0.2) is 4.98 Å². The zero-order valence-corrected chi connectivity index (χ0v) is 10.6. The largest absolute Gasteiger partial charge is 0.416 e. The third-order valence-corrected chi connectivity index (χ3v) is 2.82. The molecule has 20 heavy (non-hydrogen) atoms. The lowest BCUT2D eigenvalue weighted by molar-refractivity contribution is -0.137. The van der Waals surface area contributed by atoms with Crippen molar-refractivity contribution in [3.8, 4) is 0 Å². The number of pyridine rings is 1. The number of hydrogen-bond donors (Lipinski definition) is 1. The number of nitrogens with one attached hydrogen (secondary N) is 1. The summed E-state index contributed by atoms with van der Waals surface area (Å²) in [6.45, 7) is 1.76. The van der Waals surface area contributed by atoms with Gasteiger partial charge in [0.1, 0.15) is 11.6 Å². The Bertz CT molecular complexity index is 578. The van der Waals surface area contributed by atoms with Crippen LogP contribution in [0.15, 0.2) is 42.6 Å². The second-order valence-corrected chi connectivity index (χ2v) is 4.35. The Kier molecular flexibility index (Phi) is 3.92. The lowest BCUT2D eigenvalue weighted by Crippen LogP contribution is -2.10. The number of alkyl halides is 3. The molecular weight excluding hydrogens is 272 g/mol. The topological polar surface area (TPSA) is 24.9 Å². The average molecular weight is 284 g/mol. The zero-order chi connectivity index (χ0) is 14.8. The molecule has 1 heterocycles. The first-order chi connectivity index (χ1) is 9.36. The van der Waals surface area contributed by atoms with Crippen LogP contribution in [0.4, 0.5) is 23.4 Å². The van der Waals surface area contributed by atoms with E-state index in [1.165, 1.54) is 12.1 Å². The second-order valence-electron chi connectivity index (χ2n) is 4.35. The molecule has 0 amide bonds. The van der Waals surface area contributed by atoms with Crippen LogP contribution < -0.4 is 5.32 Å². The molecule has 0 saturated heterocycles. The molecule has 0 aliphatic carbocycles. The summed E-state index contributed by atoms with van der Waals surface area (Å²) in [5.41, 5.74) is -0.00748. The molecule has 2 aromatic rings. The van der Waals surface area contributed by atoms with Gasteiger partial charge in [-0.15, -0.1) is 0 Å². The lowest BCUT2D eigenvalue weighted by Gasteiger charge is -2.16. The summed E-state index contributed by atoms with van der Waals surface area (Å²) in [6, 6.07) is 7.31. The molecule has 0 fully saturated rings. The first-order valence-corrected chi connectivity index (χ1v) is 5.91. The van der Waals surface area contributed by atoms with Gasteiger partial charge >= 0.3 is 6.18 Å². The molecule has 1 atom stereocenters. The SMILES string of the molecule is CC(Nc1cc(C(F)(F)F)ccn1)c1ccc(F)cc1. The van der Waals surface area contributed by atoms with Crippen molar-refractivity contribution in [3.63, 3.8) is 0 Å². The summed E-state index contributed by atoms with van der Waals surface area (Å²) in [5.74, 6) is -0.241. The van der Waals surface area contributed by atoms with Crippen LogP contribution in [0.3, 0.4) is 0 Å². The molecule has 0 saturated carbocycles. The maximum atomic E-state index is 12.8. The Morgan fingerprint density at radius 3 is 2.35 bits per heavy atom. The van der Waals surface area contributed by atoms with Gasteiger partial charge in [0.05, 0.1) is 5.56 Å². The third-order valence-electron chi connectivity index (χ3n) is 2.82. The van der Waals surface area contributed by atoms with Crippen molar-refractivity contribution in [2.45, 2.75) is 19.1 Å². The summed E-state index contributed by atoms with van der Waals surface area (Å²) < 4.78 is 50.5. The van der Waals surface area contributed by atoms with Crippen molar-refractivity contribution in [2.75, 3.05) is 5.32 Å². The standard InChI is InChI=1S/C14H12F4N2/c1-9(10-2-4-12(15)5-3-10)20-13-8-11(6-7-19-13)14(16,17)18/h2-9H,1H3,(H,19,20). The van der Waals surface area contributed by atoms with E-state index in [1.54, 1.807) is 19.1 Å². The van der Waals surface area contributed by atoms with Crippen LogP contribution in [0.1, 0.15) is 24.1 Å². The minimum absolute atomic E-state index is 0.122. The van der Waals surface area contributed by atoms with Gasteiger partial charge in [0.15, 0.2) is 0 Å². The quantitative estimate of drug-likeness (QED) is 0.844. The molecular formula is C14H12F4N2. The smallest absolute Gasteiger partial charge is 0.364 e. The van der Waals surface area contributed by atoms with E-state index in [4.69, 9.17) is 0 Å². The number of rotatable bonds is 3. The molecule has 2 rings (SSSR count). The highest BCUT2D eigenvalue weighted by Crippen LogP contribution is 2.30. The normalized spacial score (nSPS) is 13.1. The highest BCUT2D eigenvalue weighted by molar-refractivity contribution is 5.41. The fourth-order valence-corrected chi connectivity index (χ4v) is 1.74. The van der Waals surface area contributed by atoms with Gasteiger partial charge < -0.3 is 5.32 Å². The van der Waals surface area contributed by atoms with Crippen LogP contribution in [0.25, 0.3) is 0 Å². The molecule has 2 nitrogen and oxygen atoms in total. The van der Waals surface area contributed by atoms with E-state index in [-0.39, 0.29) is 17.7 Å². The molecule has 1 unspecified atom stereocenters. The molecule has 0 aliphatic heterocycles. The van der Waals surface area contributed by atoms with E-state index in [0.717, 1.165) is 23.9 Å². The monoisotopic (exact) mass is 284 g/mol. The van der Waals surface area contributed by atoms with E-state index in [0.29, 0.717) is 0 Å². The number of aromatic nitrogens is 1. The van der Waals surface area contributed by atoms with Gasteiger partial charge in [-0.2, -0.15) is 13.2 Å². The van der Waals surface area contributed by atoms with Crippen molar-refractivity contribution in [1.29, 1.82) is 0 Å². The summed E-state index contributed by atoms with van der Waals surface area (Å²) in [6.07, 6.45) is -3.30. The summed E-state index contributed by atoms with van der Waals surface area (Å²) in [5, 5.41) is 2.86. The number of nitrogens with zero attached hydrogens (tertiary/aromatic N) is 1. The van der Waals surface area contributed by atoms with E-state index < -0.39 is 11.7 Å². The average Bonchev–Trinajstić information content (AvgIpc) is 2.38. The van der Waals surface area contributed by atoms with Crippen LogP contribution in [0.2, 0.25) is 0 Å². The summed E-state index contributed by atoms with van der Waals surface area (Å²) in [7, 11) is 0. The van der Waals surface area contributed by atoms with Crippen molar-refractivity contribution >= 4 is 5.82 Å². The highest BCUT2D eigenvalue weighted by atomic mass is 19.4. The van der Waals surface area contributed by atoms with E-state index in [9.17, 15) is 17.6 Å².